The van der Waals surface area contributed by atoms with E-state index in [2.05, 4.69) is 67.0 Å². The summed E-state index contributed by atoms with van der Waals surface area (Å²) in [4.78, 5) is 0. The first kappa shape index (κ1) is 22.6. The maximum absolute atomic E-state index is 13.7. The van der Waals surface area contributed by atoms with Crippen LogP contribution in [0, 0.1) is 29.0 Å². The van der Waals surface area contributed by atoms with Crippen molar-refractivity contribution < 1.29 is 4.39 Å². The van der Waals surface area contributed by atoms with Crippen molar-refractivity contribution in [1.82, 2.24) is 0 Å². The third-order valence-corrected chi connectivity index (χ3v) is 6.64. The number of aryl methyl sites for hydroxylation is 1. The molecule has 0 spiro atoms. The number of nitriles is 1. The Morgan fingerprint density at radius 1 is 0.818 bits per heavy atom. The lowest BCUT2D eigenvalue weighted by Gasteiger charge is -2.29. The minimum Gasteiger partial charge on any atom is -0.206 e. The van der Waals surface area contributed by atoms with Crippen LogP contribution in [-0.4, -0.2) is 0 Å². The standard InChI is InChI=1S/C31H28FN/c1-2-3-4-23-7-12-26(13-8-23)28-17-19-29(20-18-28)27-14-9-24(10-15-27)5-6-25-11-16-30(22-33)31(32)21-25/h2,7-16,21,28-29H,1,3-4,17-20H2/t28-,29-. The zero-order valence-corrected chi connectivity index (χ0v) is 18.9. The molecule has 0 saturated heterocycles. The second-order valence-electron chi connectivity index (χ2n) is 8.80. The van der Waals surface area contributed by atoms with Crippen molar-refractivity contribution in [3.63, 3.8) is 0 Å². The second kappa shape index (κ2) is 10.8. The van der Waals surface area contributed by atoms with Crippen molar-refractivity contribution in [3.05, 3.63) is 119 Å². The normalized spacial score (nSPS) is 17.5. The molecule has 1 aliphatic rings. The number of nitrogens with zero attached hydrogens (tertiary/aromatic N) is 1. The molecule has 0 N–H and O–H groups in total. The van der Waals surface area contributed by atoms with Crippen molar-refractivity contribution in [2.75, 3.05) is 0 Å². The van der Waals surface area contributed by atoms with Gasteiger partial charge in [0.15, 0.2) is 0 Å². The van der Waals surface area contributed by atoms with E-state index in [4.69, 9.17) is 5.26 Å². The van der Waals surface area contributed by atoms with E-state index in [1.54, 1.807) is 6.07 Å². The Hall–Kier alpha value is -3.62. The van der Waals surface area contributed by atoms with Crippen LogP contribution in [0.3, 0.4) is 0 Å². The van der Waals surface area contributed by atoms with E-state index in [0.717, 1.165) is 18.4 Å². The maximum atomic E-state index is 13.7. The van der Waals surface area contributed by atoms with Crippen molar-refractivity contribution in [2.45, 2.75) is 50.4 Å². The molecule has 0 aliphatic heterocycles. The van der Waals surface area contributed by atoms with Crippen molar-refractivity contribution in [1.29, 1.82) is 5.26 Å². The van der Waals surface area contributed by atoms with E-state index in [9.17, 15) is 4.39 Å². The summed E-state index contributed by atoms with van der Waals surface area (Å²) in [6.07, 6.45) is 8.94. The number of allylic oxidation sites excluding steroid dienone is 1. The molecule has 0 unspecified atom stereocenters. The lowest BCUT2D eigenvalue weighted by atomic mass is 9.76. The van der Waals surface area contributed by atoms with E-state index < -0.39 is 5.82 Å². The Morgan fingerprint density at radius 2 is 1.36 bits per heavy atom. The van der Waals surface area contributed by atoms with Gasteiger partial charge in [0.2, 0.25) is 0 Å². The first-order valence-electron chi connectivity index (χ1n) is 11.7. The SMILES string of the molecule is C=CCCc1ccc([C@H]2CC[C@H](c3ccc(C#Cc4ccc(C#N)c(F)c4)cc3)CC2)cc1. The monoisotopic (exact) mass is 433 g/mol. The van der Waals surface area contributed by atoms with Crippen molar-refractivity contribution >= 4 is 0 Å². The number of benzene rings is 3. The molecule has 1 fully saturated rings. The summed E-state index contributed by atoms with van der Waals surface area (Å²) in [5.41, 5.74) is 5.76. The van der Waals surface area contributed by atoms with E-state index >= 15 is 0 Å². The van der Waals surface area contributed by atoms with Crippen molar-refractivity contribution in [3.8, 4) is 17.9 Å². The quantitative estimate of drug-likeness (QED) is 0.299. The molecular weight excluding hydrogens is 405 g/mol. The fraction of sp³-hybridized carbons (Fsp3) is 0.258. The molecule has 0 heterocycles. The average molecular weight is 434 g/mol. The maximum Gasteiger partial charge on any atom is 0.142 e. The molecule has 0 radical (unpaired) electrons. The van der Waals surface area contributed by atoms with Crippen LogP contribution in [0.15, 0.2) is 79.4 Å². The van der Waals surface area contributed by atoms with E-state index in [0.29, 0.717) is 17.4 Å². The first-order chi connectivity index (χ1) is 16.2. The summed E-state index contributed by atoms with van der Waals surface area (Å²) >= 11 is 0. The van der Waals surface area contributed by atoms with Gasteiger partial charge in [-0.25, -0.2) is 4.39 Å². The van der Waals surface area contributed by atoms with Gasteiger partial charge in [0.1, 0.15) is 11.9 Å². The molecule has 0 atom stereocenters. The summed E-state index contributed by atoms with van der Waals surface area (Å²) in [6, 6.07) is 23.9. The van der Waals surface area contributed by atoms with Gasteiger partial charge in [-0.15, -0.1) is 6.58 Å². The van der Waals surface area contributed by atoms with Gasteiger partial charge in [-0.05, 0) is 97.4 Å². The number of hydrogen-bond donors (Lipinski definition) is 0. The predicted molar refractivity (Wildman–Crippen MR) is 132 cm³/mol. The molecule has 0 amide bonds. The van der Waals surface area contributed by atoms with Gasteiger partial charge in [0.25, 0.3) is 0 Å². The summed E-state index contributed by atoms with van der Waals surface area (Å²) in [5.74, 6) is 6.81. The van der Waals surface area contributed by atoms with Gasteiger partial charge < -0.3 is 0 Å². The third-order valence-electron chi connectivity index (χ3n) is 6.64. The predicted octanol–water partition coefficient (Wildman–Crippen LogP) is 7.66. The van der Waals surface area contributed by atoms with Crippen LogP contribution in [0.25, 0.3) is 0 Å². The Labute approximate surface area is 196 Å². The van der Waals surface area contributed by atoms with Crippen LogP contribution in [0.4, 0.5) is 4.39 Å². The van der Waals surface area contributed by atoms with Crippen LogP contribution in [0.1, 0.15) is 77.3 Å². The van der Waals surface area contributed by atoms with Gasteiger partial charge in [-0.2, -0.15) is 5.26 Å². The molecule has 33 heavy (non-hydrogen) atoms. The molecule has 0 aromatic heterocycles. The highest BCUT2D eigenvalue weighted by atomic mass is 19.1. The largest absolute Gasteiger partial charge is 0.206 e. The molecule has 3 aromatic carbocycles. The molecule has 3 aromatic rings. The number of halogens is 1. The summed E-state index contributed by atoms with van der Waals surface area (Å²) < 4.78 is 13.7. The summed E-state index contributed by atoms with van der Waals surface area (Å²) in [6.45, 7) is 3.81. The molecule has 1 nitrogen and oxygen atoms in total. The Kier molecular flexibility index (Phi) is 7.39. The number of rotatable bonds is 5. The van der Waals surface area contributed by atoms with Gasteiger partial charge >= 0.3 is 0 Å². The van der Waals surface area contributed by atoms with Gasteiger partial charge in [0, 0.05) is 11.1 Å². The lowest BCUT2D eigenvalue weighted by Crippen LogP contribution is -2.12. The van der Waals surface area contributed by atoms with E-state index in [-0.39, 0.29) is 5.56 Å². The second-order valence-corrected chi connectivity index (χ2v) is 8.80. The summed E-state index contributed by atoms with van der Waals surface area (Å²) in [5, 5.41) is 8.83. The van der Waals surface area contributed by atoms with Crippen molar-refractivity contribution in [2.24, 2.45) is 0 Å². The molecule has 4 rings (SSSR count). The molecule has 0 bridgehead atoms. The Bertz CT molecular complexity index is 1200. The lowest BCUT2D eigenvalue weighted by molar-refractivity contribution is 0.396. The molecular formula is C31H28FN. The van der Waals surface area contributed by atoms with E-state index in [1.165, 1.54) is 54.5 Å². The minimum absolute atomic E-state index is 0.0418. The zero-order valence-electron chi connectivity index (χ0n) is 18.9. The molecule has 1 saturated carbocycles. The van der Waals surface area contributed by atoms with Gasteiger partial charge in [0.05, 0.1) is 5.56 Å². The van der Waals surface area contributed by atoms with Crippen LogP contribution < -0.4 is 0 Å². The highest BCUT2D eigenvalue weighted by molar-refractivity contribution is 5.46. The molecule has 2 heteroatoms. The van der Waals surface area contributed by atoms with Gasteiger partial charge in [-0.3, -0.25) is 0 Å². The highest BCUT2D eigenvalue weighted by Crippen LogP contribution is 2.40. The molecule has 1 aliphatic carbocycles. The third kappa shape index (κ3) is 5.79. The highest BCUT2D eigenvalue weighted by Gasteiger charge is 2.23. The smallest absolute Gasteiger partial charge is 0.142 e. The average Bonchev–Trinajstić information content (AvgIpc) is 2.87. The Balaban J connectivity index is 1.34. The number of hydrogen-bond acceptors (Lipinski definition) is 1. The van der Waals surface area contributed by atoms with Crippen LogP contribution in [0.2, 0.25) is 0 Å². The zero-order chi connectivity index (χ0) is 23.0. The van der Waals surface area contributed by atoms with Crippen LogP contribution in [-0.2, 0) is 6.42 Å². The molecule has 164 valence electrons. The topological polar surface area (TPSA) is 23.8 Å². The van der Waals surface area contributed by atoms with E-state index in [1.807, 2.05) is 12.1 Å². The fourth-order valence-electron chi connectivity index (χ4n) is 4.65. The first-order valence-corrected chi connectivity index (χ1v) is 11.7. The fourth-order valence-corrected chi connectivity index (χ4v) is 4.65. The summed E-state index contributed by atoms with van der Waals surface area (Å²) in [7, 11) is 0. The van der Waals surface area contributed by atoms with Gasteiger partial charge in [-0.1, -0.05) is 54.3 Å². The minimum atomic E-state index is -0.529. The Morgan fingerprint density at radius 3 is 1.91 bits per heavy atom. The van der Waals surface area contributed by atoms with Crippen LogP contribution >= 0.6 is 0 Å². The van der Waals surface area contributed by atoms with Crippen LogP contribution in [0.5, 0.6) is 0 Å².